The third-order valence-electron chi connectivity index (χ3n) is 5.67. The first-order valence-corrected chi connectivity index (χ1v) is 10.6. The van der Waals surface area contributed by atoms with Gasteiger partial charge in [0.25, 0.3) is 0 Å². The Morgan fingerprint density at radius 2 is 1.75 bits per heavy atom. The number of halogens is 1. The Balaban J connectivity index is 0.00000181. The van der Waals surface area contributed by atoms with Crippen LogP contribution in [0.1, 0.15) is 42.1 Å². The zero-order valence-electron chi connectivity index (χ0n) is 18.4. The highest BCUT2D eigenvalue weighted by Crippen LogP contribution is 2.27. The molecule has 2 N–H and O–H groups in total. The third kappa shape index (κ3) is 5.38. The van der Waals surface area contributed by atoms with Gasteiger partial charge in [0.15, 0.2) is 11.0 Å². The molecule has 4 rings (SSSR count). The number of ether oxygens (including phenoxy) is 1. The number of carbonyl (C=O) groups is 1. The van der Waals surface area contributed by atoms with Gasteiger partial charge < -0.3 is 14.6 Å². The second kappa shape index (κ2) is 11.3. The zero-order valence-corrected chi connectivity index (χ0v) is 19.2. The van der Waals surface area contributed by atoms with Crippen molar-refractivity contribution in [1.29, 1.82) is 0 Å². The average molecular weight is 460 g/mol. The standard InChI is InChI=1S/C25H27NO4.ClH.H2O/c1-17(16-26-14-7-4-8-15-26)29-25(28)21-13-9-12-20-22(27)18(2)23(30-24(20)21)19-10-5-3-6-11-19;;/h3,5-6,9-13,17H,4,7-8,14-16H2,1-2H3;1H;1H2. The van der Waals surface area contributed by atoms with E-state index < -0.39 is 5.97 Å². The maximum absolute atomic E-state index is 13.0. The van der Waals surface area contributed by atoms with E-state index in [9.17, 15) is 9.59 Å². The maximum atomic E-state index is 13.0. The maximum Gasteiger partial charge on any atom is 0.342 e. The lowest BCUT2D eigenvalue weighted by molar-refractivity contribution is 0.0237. The number of hydrogen-bond acceptors (Lipinski definition) is 5. The number of nitrogens with zero attached hydrogens (tertiary/aromatic N) is 1. The quantitative estimate of drug-likeness (QED) is 0.527. The second-order valence-electron chi connectivity index (χ2n) is 8.01. The van der Waals surface area contributed by atoms with E-state index in [4.69, 9.17) is 9.15 Å². The van der Waals surface area contributed by atoms with Crippen molar-refractivity contribution >= 4 is 29.3 Å². The summed E-state index contributed by atoms with van der Waals surface area (Å²) in [4.78, 5) is 28.3. The number of benzene rings is 2. The van der Waals surface area contributed by atoms with E-state index in [1.54, 1.807) is 25.1 Å². The summed E-state index contributed by atoms with van der Waals surface area (Å²) in [6.07, 6.45) is 3.41. The number of carbonyl (C=O) groups excluding carboxylic acids is 1. The normalized spacial score (nSPS) is 14.8. The average Bonchev–Trinajstić information content (AvgIpc) is 2.77. The molecule has 2 aromatic carbocycles. The molecule has 0 saturated carbocycles. The fraction of sp³-hybridized carbons (Fsp3) is 0.360. The van der Waals surface area contributed by atoms with E-state index in [-0.39, 0.29) is 40.6 Å². The molecule has 32 heavy (non-hydrogen) atoms. The molecule has 1 aliphatic heterocycles. The molecule has 0 amide bonds. The third-order valence-corrected chi connectivity index (χ3v) is 5.67. The molecule has 0 spiro atoms. The molecule has 0 aliphatic carbocycles. The monoisotopic (exact) mass is 459 g/mol. The number of esters is 1. The van der Waals surface area contributed by atoms with Gasteiger partial charge in [0.05, 0.1) is 5.39 Å². The first-order valence-electron chi connectivity index (χ1n) is 10.6. The van der Waals surface area contributed by atoms with E-state index in [0.717, 1.165) is 25.2 Å². The first-order chi connectivity index (χ1) is 14.5. The summed E-state index contributed by atoms with van der Waals surface area (Å²) in [5.41, 5.74) is 1.76. The van der Waals surface area contributed by atoms with Crippen molar-refractivity contribution in [1.82, 2.24) is 4.90 Å². The number of likely N-dealkylation sites (tertiary alicyclic amines) is 1. The lowest BCUT2D eigenvalue weighted by Gasteiger charge is -2.28. The molecule has 7 heteroatoms. The van der Waals surface area contributed by atoms with Crippen LogP contribution in [-0.4, -0.2) is 42.1 Å². The Kier molecular flexibility index (Phi) is 9.01. The molecule has 1 fully saturated rings. The van der Waals surface area contributed by atoms with E-state index in [0.29, 0.717) is 16.7 Å². The minimum Gasteiger partial charge on any atom is -0.458 e. The fourth-order valence-electron chi connectivity index (χ4n) is 4.12. The highest BCUT2D eigenvalue weighted by Gasteiger charge is 2.22. The van der Waals surface area contributed by atoms with Crippen molar-refractivity contribution in [3.8, 4) is 11.3 Å². The molecular formula is C25H30ClNO5. The van der Waals surface area contributed by atoms with Crippen LogP contribution in [0, 0.1) is 6.92 Å². The fourth-order valence-corrected chi connectivity index (χ4v) is 4.12. The van der Waals surface area contributed by atoms with Gasteiger partial charge in [-0.1, -0.05) is 42.8 Å². The summed E-state index contributed by atoms with van der Waals surface area (Å²) >= 11 is 0. The Morgan fingerprint density at radius 1 is 1.06 bits per heavy atom. The number of fused-ring (bicyclic) bond motifs is 1. The van der Waals surface area contributed by atoms with Crippen LogP contribution < -0.4 is 5.43 Å². The van der Waals surface area contributed by atoms with Crippen molar-refractivity contribution in [2.24, 2.45) is 0 Å². The van der Waals surface area contributed by atoms with Gasteiger partial charge in [0.1, 0.15) is 17.4 Å². The van der Waals surface area contributed by atoms with Crippen LogP contribution >= 0.6 is 12.4 Å². The van der Waals surface area contributed by atoms with E-state index >= 15 is 0 Å². The molecule has 1 aliphatic rings. The van der Waals surface area contributed by atoms with Crippen LogP contribution in [0.15, 0.2) is 57.7 Å². The summed E-state index contributed by atoms with van der Waals surface area (Å²) in [5.74, 6) is 0.0193. The van der Waals surface area contributed by atoms with Crippen LogP contribution in [0.3, 0.4) is 0 Å². The van der Waals surface area contributed by atoms with Crippen molar-refractivity contribution in [2.45, 2.75) is 39.2 Å². The molecule has 3 aromatic rings. The highest BCUT2D eigenvalue weighted by atomic mass is 35.5. The minimum absolute atomic E-state index is 0. The molecule has 0 radical (unpaired) electrons. The Morgan fingerprint density at radius 3 is 2.44 bits per heavy atom. The van der Waals surface area contributed by atoms with E-state index in [1.165, 1.54) is 19.3 Å². The largest absolute Gasteiger partial charge is 0.458 e. The Bertz CT molecular complexity index is 1110. The smallest absolute Gasteiger partial charge is 0.342 e. The number of hydrogen-bond donors (Lipinski definition) is 0. The summed E-state index contributed by atoms with van der Waals surface area (Å²) in [7, 11) is 0. The molecule has 1 saturated heterocycles. The molecular weight excluding hydrogens is 430 g/mol. The second-order valence-corrected chi connectivity index (χ2v) is 8.01. The van der Waals surface area contributed by atoms with Crippen LogP contribution in [0.25, 0.3) is 22.3 Å². The summed E-state index contributed by atoms with van der Waals surface area (Å²) < 4.78 is 11.9. The van der Waals surface area contributed by atoms with Crippen LogP contribution in [0.4, 0.5) is 0 Å². The van der Waals surface area contributed by atoms with Gasteiger partial charge in [0, 0.05) is 17.7 Å². The molecule has 6 nitrogen and oxygen atoms in total. The van der Waals surface area contributed by atoms with E-state index in [1.807, 2.05) is 37.3 Å². The first kappa shape index (κ1) is 25.6. The van der Waals surface area contributed by atoms with Crippen LogP contribution in [-0.2, 0) is 4.74 Å². The lowest BCUT2D eigenvalue weighted by Crippen LogP contribution is -2.37. The topological polar surface area (TPSA) is 91.2 Å². The van der Waals surface area contributed by atoms with Gasteiger partial charge in [-0.25, -0.2) is 4.79 Å². The van der Waals surface area contributed by atoms with Gasteiger partial charge in [-0.05, 0) is 51.9 Å². The van der Waals surface area contributed by atoms with Gasteiger partial charge in [-0.15, -0.1) is 12.4 Å². The summed E-state index contributed by atoms with van der Waals surface area (Å²) in [5, 5.41) is 0.394. The molecule has 2 heterocycles. The van der Waals surface area contributed by atoms with Gasteiger partial charge in [-0.2, -0.15) is 0 Å². The lowest BCUT2D eigenvalue weighted by atomic mass is 10.0. The number of para-hydroxylation sites is 1. The van der Waals surface area contributed by atoms with Gasteiger partial charge in [0.2, 0.25) is 0 Å². The SMILES string of the molecule is Cc1c(-c2ccccc2)oc2c(C(=O)OC(C)CN3CCCCC3)cccc2c1=O.Cl.O. The van der Waals surface area contributed by atoms with Gasteiger partial charge in [-0.3, -0.25) is 9.69 Å². The number of piperidine rings is 1. The van der Waals surface area contributed by atoms with E-state index in [2.05, 4.69) is 4.90 Å². The predicted octanol–water partition coefficient (Wildman–Crippen LogP) is 4.40. The summed E-state index contributed by atoms with van der Waals surface area (Å²) in [6.45, 7) is 6.47. The molecule has 1 aromatic heterocycles. The molecule has 172 valence electrons. The molecule has 1 unspecified atom stereocenters. The Labute approximate surface area is 193 Å². The molecule has 0 bridgehead atoms. The highest BCUT2D eigenvalue weighted by molar-refractivity contribution is 6.02. The van der Waals surface area contributed by atoms with Crippen LogP contribution in [0.5, 0.6) is 0 Å². The van der Waals surface area contributed by atoms with Gasteiger partial charge >= 0.3 is 5.97 Å². The predicted molar refractivity (Wildman–Crippen MR) is 129 cm³/mol. The Hall–Kier alpha value is -2.67. The van der Waals surface area contributed by atoms with Crippen molar-refractivity contribution < 1.29 is 19.4 Å². The van der Waals surface area contributed by atoms with Crippen LogP contribution in [0.2, 0.25) is 0 Å². The number of rotatable bonds is 5. The van der Waals surface area contributed by atoms with Crippen molar-refractivity contribution in [3.05, 3.63) is 69.9 Å². The minimum atomic E-state index is -0.462. The zero-order chi connectivity index (χ0) is 21.1. The summed E-state index contributed by atoms with van der Waals surface area (Å²) in [6, 6.07) is 14.5. The van der Waals surface area contributed by atoms with Crippen molar-refractivity contribution in [2.75, 3.05) is 19.6 Å². The van der Waals surface area contributed by atoms with Crippen molar-refractivity contribution in [3.63, 3.8) is 0 Å². The molecule has 1 atom stereocenters.